The van der Waals surface area contributed by atoms with E-state index in [0.29, 0.717) is 23.9 Å². The predicted octanol–water partition coefficient (Wildman–Crippen LogP) is 6.45. The number of rotatable bonds is 6. The van der Waals surface area contributed by atoms with Crippen molar-refractivity contribution < 1.29 is 9.59 Å². The SMILES string of the molecule is CC(C)CN1C(=O)c2ccccc2[C@@H](C(=O)Nc2ccc(C(C)C)cc2)[C@H]1c1cccs1. The van der Waals surface area contributed by atoms with Crippen LogP contribution in [0.4, 0.5) is 5.69 Å². The molecule has 0 spiro atoms. The average Bonchev–Trinajstić information content (AvgIpc) is 3.30. The first-order valence-corrected chi connectivity index (χ1v) is 12.1. The molecule has 32 heavy (non-hydrogen) atoms. The third kappa shape index (κ3) is 4.35. The standard InChI is InChI=1S/C27H30N2O2S/c1-17(2)16-29-25(23-10-7-15-32-23)24(21-8-5-6-9-22(21)27(29)31)26(30)28-20-13-11-19(12-14-20)18(3)4/h5-15,17-18,24-25H,16H2,1-4H3,(H,28,30)/t24-,25-/m1/s1. The van der Waals surface area contributed by atoms with Gasteiger partial charge in [-0.3, -0.25) is 9.59 Å². The zero-order valence-electron chi connectivity index (χ0n) is 19.0. The van der Waals surface area contributed by atoms with Crippen LogP contribution in [-0.2, 0) is 4.79 Å². The van der Waals surface area contributed by atoms with Gasteiger partial charge in [0.05, 0.1) is 12.0 Å². The summed E-state index contributed by atoms with van der Waals surface area (Å²) in [4.78, 5) is 30.2. The summed E-state index contributed by atoms with van der Waals surface area (Å²) in [6, 6.07) is 19.3. The number of carbonyl (C=O) groups excluding carboxylic acids is 2. The Morgan fingerprint density at radius 3 is 2.34 bits per heavy atom. The summed E-state index contributed by atoms with van der Waals surface area (Å²) in [5, 5.41) is 5.13. The van der Waals surface area contributed by atoms with Crippen LogP contribution in [0.3, 0.4) is 0 Å². The first kappa shape index (κ1) is 22.3. The van der Waals surface area contributed by atoms with E-state index in [2.05, 4.69) is 45.1 Å². The van der Waals surface area contributed by atoms with Gasteiger partial charge in [-0.2, -0.15) is 0 Å². The van der Waals surface area contributed by atoms with Gasteiger partial charge in [0, 0.05) is 22.7 Å². The zero-order valence-corrected chi connectivity index (χ0v) is 19.9. The van der Waals surface area contributed by atoms with E-state index in [0.717, 1.165) is 16.1 Å². The van der Waals surface area contributed by atoms with Gasteiger partial charge in [0.15, 0.2) is 0 Å². The van der Waals surface area contributed by atoms with Gasteiger partial charge in [0.2, 0.25) is 5.91 Å². The fourth-order valence-corrected chi connectivity index (χ4v) is 5.29. The zero-order chi connectivity index (χ0) is 22.8. The molecule has 1 aliphatic heterocycles. The lowest BCUT2D eigenvalue weighted by atomic mass is 9.81. The minimum absolute atomic E-state index is 0.00182. The van der Waals surface area contributed by atoms with Crippen molar-refractivity contribution in [2.24, 2.45) is 5.92 Å². The van der Waals surface area contributed by atoms with Gasteiger partial charge in [-0.1, -0.05) is 64.1 Å². The van der Waals surface area contributed by atoms with Gasteiger partial charge in [-0.05, 0) is 52.6 Å². The van der Waals surface area contributed by atoms with E-state index in [9.17, 15) is 9.59 Å². The summed E-state index contributed by atoms with van der Waals surface area (Å²) >= 11 is 1.60. The molecule has 1 aliphatic rings. The van der Waals surface area contributed by atoms with Gasteiger partial charge in [0.25, 0.3) is 5.91 Å². The number of hydrogen-bond donors (Lipinski definition) is 1. The number of nitrogens with one attached hydrogen (secondary N) is 1. The molecule has 166 valence electrons. The number of benzene rings is 2. The third-order valence-electron chi connectivity index (χ3n) is 5.96. The molecule has 4 nitrogen and oxygen atoms in total. The molecule has 0 fully saturated rings. The van der Waals surface area contributed by atoms with Crippen LogP contribution in [0.15, 0.2) is 66.0 Å². The van der Waals surface area contributed by atoms with Crippen LogP contribution >= 0.6 is 11.3 Å². The lowest BCUT2D eigenvalue weighted by Gasteiger charge is -2.42. The third-order valence-corrected chi connectivity index (χ3v) is 6.91. The van der Waals surface area contributed by atoms with Gasteiger partial charge in [-0.25, -0.2) is 0 Å². The molecule has 0 radical (unpaired) electrons. The molecule has 5 heteroatoms. The van der Waals surface area contributed by atoms with Crippen LogP contribution in [0.5, 0.6) is 0 Å². The molecule has 2 amide bonds. The molecule has 1 aromatic heterocycles. The van der Waals surface area contributed by atoms with Crippen molar-refractivity contribution in [2.45, 2.75) is 45.6 Å². The number of nitrogens with zero attached hydrogens (tertiary/aromatic N) is 1. The Morgan fingerprint density at radius 2 is 1.72 bits per heavy atom. The van der Waals surface area contributed by atoms with Crippen LogP contribution in [-0.4, -0.2) is 23.3 Å². The summed E-state index contributed by atoms with van der Waals surface area (Å²) in [6.45, 7) is 9.11. The molecule has 2 heterocycles. The molecule has 1 N–H and O–H groups in total. The number of anilines is 1. The van der Waals surface area contributed by atoms with Crippen molar-refractivity contribution in [3.63, 3.8) is 0 Å². The first-order chi connectivity index (χ1) is 15.4. The molecular weight excluding hydrogens is 416 g/mol. The van der Waals surface area contributed by atoms with Gasteiger partial charge >= 0.3 is 0 Å². The molecule has 2 atom stereocenters. The van der Waals surface area contributed by atoms with Crippen molar-refractivity contribution in [2.75, 3.05) is 11.9 Å². The van der Waals surface area contributed by atoms with Crippen molar-refractivity contribution in [3.05, 3.63) is 87.6 Å². The maximum atomic E-state index is 13.7. The maximum Gasteiger partial charge on any atom is 0.254 e. The Balaban J connectivity index is 1.76. The fourth-order valence-electron chi connectivity index (χ4n) is 4.42. The van der Waals surface area contributed by atoms with E-state index >= 15 is 0 Å². The highest BCUT2D eigenvalue weighted by Gasteiger charge is 2.44. The minimum Gasteiger partial charge on any atom is -0.329 e. The molecular formula is C27H30N2O2S. The van der Waals surface area contributed by atoms with Gasteiger partial charge in [0.1, 0.15) is 0 Å². The number of carbonyl (C=O) groups is 2. The first-order valence-electron chi connectivity index (χ1n) is 11.2. The lowest BCUT2D eigenvalue weighted by Crippen LogP contribution is -2.47. The van der Waals surface area contributed by atoms with E-state index in [1.165, 1.54) is 5.56 Å². The number of fused-ring (bicyclic) bond motifs is 1. The molecule has 0 aliphatic carbocycles. The van der Waals surface area contributed by atoms with Crippen LogP contribution in [0.1, 0.15) is 71.9 Å². The largest absolute Gasteiger partial charge is 0.329 e. The number of hydrogen-bond acceptors (Lipinski definition) is 3. The molecule has 0 saturated heterocycles. The summed E-state index contributed by atoms with van der Waals surface area (Å²) < 4.78 is 0. The average molecular weight is 447 g/mol. The molecule has 3 aromatic rings. The highest BCUT2D eigenvalue weighted by molar-refractivity contribution is 7.10. The predicted molar refractivity (Wildman–Crippen MR) is 131 cm³/mol. The van der Waals surface area contributed by atoms with Crippen LogP contribution < -0.4 is 5.32 Å². The highest BCUT2D eigenvalue weighted by Crippen LogP contribution is 2.45. The molecule has 0 bridgehead atoms. The second-order valence-electron chi connectivity index (χ2n) is 9.14. The number of thiophene rings is 1. The van der Waals surface area contributed by atoms with Crippen molar-refractivity contribution in [3.8, 4) is 0 Å². The smallest absolute Gasteiger partial charge is 0.254 e. The Bertz CT molecular complexity index is 1090. The van der Waals surface area contributed by atoms with E-state index in [-0.39, 0.29) is 17.9 Å². The van der Waals surface area contributed by atoms with E-state index in [1.807, 2.05) is 58.8 Å². The van der Waals surface area contributed by atoms with E-state index in [4.69, 9.17) is 0 Å². The summed E-state index contributed by atoms with van der Waals surface area (Å²) in [7, 11) is 0. The van der Waals surface area contributed by atoms with Crippen molar-refractivity contribution in [1.29, 1.82) is 0 Å². The Morgan fingerprint density at radius 1 is 1.00 bits per heavy atom. The molecule has 0 saturated carbocycles. The van der Waals surface area contributed by atoms with E-state index < -0.39 is 5.92 Å². The highest BCUT2D eigenvalue weighted by atomic mass is 32.1. The summed E-state index contributed by atoms with van der Waals surface area (Å²) in [6.07, 6.45) is 0. The van der Waals surface area contributed by atoms with Crippen molar-refractivity contribution in [1.82, 2.24) is 4.90 Å². The monoisotopic (exact) mass is 446 g/mol. The Hall–Kier alpha value is -2.92. The number of amides is 2. The maximum absolute atomic E-state index is 13.7. The van der Waals surface area contributed by atoms with Crippen LogP contribution in [0.2, 0.25) is 0 Å². The van der Waals surface area contributed by atoms with Gasteiger partial charge < -0.3 is 10.2 Å². The van der Waals surface area contributed by atoms with Crippen molar-refractivity contribution >= 4 is 28.8 Å². The van der Waals surface area contributed by atoms with E-state index in [1.54, 1.807) is 11.3 Å². The Kier molecular flexibility index (Phi) is 6.47. The second-order valence-corrected chi connectivity index (χ2v) is 10.1. The molecule has 4 rings (SSSR count). The minimum atomic E-state index is -0.480. The summed E-state index contributed by atoms with van der Waals surface area (Å²) in [5.74, 6) is 0.154. The normalized spacial score (nSPS) is 18.2. The van der Waals surface area contributed by atoms with Crippen LogP contribution in [0, 0.1) is 5.92 Å². The second kappa shape index (κ2) is 9.29. The van der Waals surface area contributed by atoms with Gasteiger partial charge in [-0.15, -0.1) is 11.3 Å². The topological polar surface area (TPSA) is 49.4 Å². The Labute approximate surface area is 194 Å². The summed E-state index contributed by atoms with van der Waals surface area (Å²) in [5.41, 5.74) is 3.42. The quantitative estimate of drug-likeness (QED) is 0.473. The van der Waals surface area contributed by atoms with Crippen LogP contribution in [0.25, 0.3) is 0 Å². The fraction of sp³-hybridized carbons (Fsp3) is 0.333. The lowest BCUT2D eigenvalue weighted by molar-refractivity contribution is -0.119. The molecule has 2 aromatic carbocycles. The molecule has 0 unspecified atom stereocenters.